The van der Waals surface area contributed by atoms with Crippen LogP contribution >= 0.6 is 0 Å². The van der Waals surface area contributed by atoms with Crippen LogP contribution in [-0.2, 0) is 4.74 Å². The summed E-state index contributed by atoms with van der Waals surface area (Å²) < 4.78 is 4.70. The average Bonchev–Trinajstić information content (AvgIpc) is 2.17. The van der Waals surface area contributed by atoms with Gasteiger partial charge in [-0.1, -0.05) is 35.9 Å². The molecule has 1 aromatic carbocycles. The summed E-state index contributed by atoms with van der Waals surface area (Å²) in [5.74, 6) is 0. The van der Waals surface area contributed by atoms with Gasteiger partial charge in [-0.25, -0.2) is 0 Å². The highest BCUT2D eigenvalue weighted by Crippen LogP contribution is 1.92. The molecule has 2 heteroatoms. The van der Waals surface area contributed by atoms with Gasteiger partial charge in [-0.15, -0.1) is 0 Å². The van der Waals surface area contributed by atoms with Crippen molar-refractivity contribution in [1.29, 1.82) is 0 Å². The number of benzene rings is 1. The number of hydrogen-bond donors (Lipinski definition) is 1. The van der Waals surface area contributed by atoms with Crippen molar-refractivity contribution < 1.29 is 4.74 Å². The molecule has 0 unspecified atom stereocenters. The first kappa shape index (κ1) is 12.1. The van der Waals surface area contributed by atoms with E-state index in [-0.39, 0.29) is 0 Å². The molecule has 74 valence electrons. The summed E-state index contributed by atoms with van der Waals surface area (Å²) in [5, 5.41) is 0. The van der Waals surface area contributed by atoms with Crippen LogP contribution in [0, 0.1) is 6.92 Å². The summed E-state index contributed by atoms with van der Waals surface area (Å²) in [7, 11) is 1.68. The van der Waals surface area contributed by atoms with Gasteiger partial charge in [0.15, 0.2) is 0 Å². The van der Waals surface area contributed by atoms with Gasteiger partial charge >= 0.3 is 0 Å². The maximum atomic E-state index is 5.13. The van der Waals surface area contributed by atoms with Gasteiger partial charge in [0.1, 0.15) is 0 Å². The fourth-order valence-electron chi connectivity index (χ4n) is 0.762. The van der Waals surface area contributed by atoms with E-state index in [0.29, 0.717) is 0 Å². The van der Waals surface area contributed by atoms with Gasteiger partial charge in [-0.3, -0.25) is 0 Å². The predicted molar refractivity (Wildman–Crippen MR) is 56.7 cm³/mol. The monoisotopic (exact) mass is 181 g/mol. The molecule has 0 heterocycles. The lowest BCUT2D eigenvalue weighted by Gasteiger charge is -1.89. The molecule has 0 radical (unpaired) electrons. The molecule has 0 amide bonds. The predicted octanol–water partition coefficient (Wildman–Crippen LogP) is 1.98. The van der Waals surface area contributed by atoms with Crippen molar-refractivity contribution in [3.63, 3.8) is 0 Å². The Morgan fingerprint density at radius 3 is 2.08 bits per heavy atom. The molecule has 0 aliphatic carbocycles. The van der Waals surface area contributed by atoms with E-state index < -0.39 is 0 Å². The molecule has 2 N–H and O–H groups in total. The Labute approximate surface area is 80.7 Å². The van der Waals surface area contributed by atoms with Crippen molar-refractivity contribution >= 4 is 0 Å². The van der Waals surface area contributed by atoms with Crippen LogP contribution in [0.15, 0.2) is 30.3 Å². The second-order valence-corrected chi connectivity index (χ2v) is 2.79. The van der Waals surface area contributed by atoms with Gasteiger partial charge in [0.25, 0.3) is 0 Å². The second kappa shape index (κ2) is 9.23. The molecule has 0 fully saturated rings. The van der Waals surface area contributed by atoms with E-state index in [4.69, 9.17) is 10.5 Å². The zero-order valence-corrected chi connectivity index (χ0v) is 8.49. The normalized spacial score (nSPS) is 8.85. The fraction of sp³-hybridized carbons (Fsp3) is 0.455. The van der Waals surface area contributed by atoms with Gasteiger partial charge in [-0.2, -0.15) is 0 Å². The van der Waals surface area contributed by atoms with Gasteiger partial charge in [0.05, 0.1) is 0 Å². The molecule has 0 aliphatic heterocycles. The Balaban J connectivity index is 0.000000226. The highest BCUT2D eigenvalue weighted by Gasteiger charge is 1.74. The zero-order valence-electron chi connectivity index (χ0n) is 8.49. The molecule has 2 nitrogen and oxygen atoms in total. The molecule has 0 bridgehead atoms. The highest BCUT2D eigenvalue weighted by molar-refractivity contribution is 5.11. The van der Waals surface area contributed by atoms with E-state index >= 15 is 0 Å². The standard InChI is InChI=1S/C7H8.C4H11NO/c1-7-5-3-2-4-6-7;1-6-4-2-3-5/h2-6H,1H3;2-5H2,1H3. The lowest BCUT2D eigenvalue weighted by atomic mass is 10.2. The molecule has 13 heavy (non-hydrogen) atoms. The fourth-order valence-corrected chi connectivity index (χ4v) is 0.762. The average molecular weight is 181 g/mol. The summed E-state index contributed by atoms with van der Waals surface area (Å²) in [6.07, 6.45) is 0.969. The third-order valence-corrected chi connectivity index (χ3v) is 1.49. The Kier molecular flexibility index (Phi) is 8.62. The summed E-state index contributed by atoms with van der Waals surface area (Å²) in [6.45, 7) is 3.60. The van der Waals surface area contributed by atoms with Crippen LogP contribution in [0.25, 0.3) is 0 Å². The first-order valence-corrected chi connectivity index (χ1v) is 4.52. The maximum Gasteiger partial charge on any atom is 0.0474 e. The smallest absolute Gasteiger partial charge is 0.0474 e. The van der Waals surface area contributed by atoms with Crippen LogP contribution < -0.4 is 5.73 Å². The molecule has 1 aromatic rings. The topological polar surface area (TPSA) is 35.2 Å². The van der Waals surface area contributed by atoms with Crippen molar-refractivity contribution in [2.75, 3.05) is 20.3 Å². The Morgan fingerprint density at radius 1 is 1.23 bits per heavy atom. The van der Waals surface area contributed by atoms with Crippen molar-refractivity contribution in [3.8, 4) is 0 Å². The van der Waals surface area contributed by atoms with Gasteiger partial charge in [0.2, 0.25) is 0 Å². The van der Waals surface area contributed by atoms with Crippen LogP contribution in [0.4, 0.5) is 0 Å². The largest absolute Gasteiger partial charge is 0.385 e. The minimum atomic E-state index is 0.730. The number of rotatable bonds is 3. The second-order valence-electron chi connectivity index (χ2n) is 2.79. The zero-order chi connectivity index (χ0) is 9.94. The van der Waals surface area contributed by atoms with E-state index in [1.54, 1.807) is 7.11 Å². The molecule has 1 rings (SSSR count). The van der Waals surface area contributed by atoms with Gasteiger partial charge in [0, 0.05) is 13.7 Å². The highest BCUT2D eigenvalue weighted by atomic mass is 16.5. The minimum absolute atomic E-state index is 0.730. The maximum absolute atomic E-state index is 5.13. The van der Waals surface area contributed by atoms with Crippen LogP contribution in [-0.4, -0.2) is 20.3 Å². The molecule has 0 spiro atoms. The molecule has 0 aliphatic rings. The SMILES string of the molecule is COCCCN.Cc1ccccc1. The number of nitrogens with two attached hydrogens (primary N) is 1. The Hall–Kier alpha value is -0.860. The van der Waals surface area contributed by atoms with E-state index in [0.717, 1.165) is 19.6 Å². The van der Waals surface area contributed by atoms with Crippen molar-refractivity contribution in [2.24, 2.45) is 5.73 Å². The van der Waals surface area contributed by atoms with E-state index in [1.807, 2.05) is 18.2 Å². The number of hydrogen-bond acceptors (Lipinski definition) is 2. The van der Waals surface area contributed by atoms with Crippen molar-refractivity contribution in [2.45, 2.75) is 13.3 Å². The molecular weight excluding hydrogens is 162 g/mol. The Bertz CT molecular complexity index is 183. The molecule has 0 saturated carbocycles. The summed E-state index contributed by atoms with van der Waals surface area (Å²) in [5.41, 5.74) is 6.46. The first-order chi connectivity index (χ1) is 6.31. The lowest BCUT2D eigenvalue weighted by Crippen LogP contribution is -2.01. The molecule has 0 atom stereocenters. The van der Waals surface area contributed by atoms with E-state index in [1.165, 1.54) is 5.56 Å². The van der Waals surface area contributed by atoms with Crippen molar-refractivity contribution in [3.05, 3.63) is 35.9 Å². The Morgan fingerprint density at radius 2 is 1.85 bits per heavy atom. The number of methoxy groups -OCH3 is 1. The van der Waals surface area contributed by atoms with Crippen molar-refractivity contribution in [1.82, 2.24) is 0 Å². The summed E-state index contributed by atoms with van der Waals surface area (Å²) >= 11 is 0. The third kappa shape index (κ3) is 9.05. The van der Waals surface area contributed by atoms with E-state index in [2.05, 4.69) is 19.1 Å². The summed E-state index contributed by atoms with van der Waals surface area (Å²) in [6, 6.07) is 10.3. The molecule has 0 aromatic heterocycles. The van der Waals surface area contributed by atoms with Gasteiger partial charge in [-0.05, 0) is 19.9 Å². The van der Waals surface area contributed by atoms with Crippen LogP contribution in [0.5, 0.6) is 0 Å². The lowest BCUT2D eigenvalue weighted by molar-refractivity contribution is 0.197. The van der Waals surface area contributed by atoms with Crippen LogP contribution in [0.3, 0.4) is 0 Å². The molecule has 0 saturated heterocycles. The van der Waals surface area contributed by atoms with E-state index in [9.17, 15) is 0 Å². The van der Waals surface area contributed by atoms with Crippen LogP contribution in [0.1, 0.15) is 12.0 Å². The number of ether oxygens (including phenoxy) is 1. The number of aryl methyl sites for hydroxylation is 1. The minimum Gasteiger partial charge on any atom is -0.385 e. The summed E-state index contributed by atoms with van der Waals surface area (Å²) in [4.78, 5) is 0. The first-order valence-electron chi connectivity index (χ1n) is 4.52. The molecular formula is C11H19NO. The quantitative estimate of drug-likeness (QED) is 0.724. The van der Waals surface area contributed by atoms with Crippen LogP contribution in [0.2, 0.25) is 0 Å². The van der Waals surface area contributed by atoms with Gasteiger partial charge < -0.3 is 10.5 Å². The third-order valence-electron chi connectivity index (χ3n) is 1.49.